The van der Waals surface area contributed by atoms with Crippen LogP contribution in [0.15, 0.2) is 4.42 Å². The van der Waals surface area contributed by atoms with Gasteiger partial charge in [-0.1, -0.05) is 0 Å². The summed E-state index contributed by atoms with van der Waals surface area (Å²) in [5.41, 5.74) is 0. The molecule has 2 N–H and O–H groups in total. The van der Waals surface area contributed by atoms with Crippen LogP contribution in [0.4, 0.5) is 0 Å². The molecule has 1 aromatic heterocycles. The normalized spacial score (nSPS) is 10.7. The maximum Gasteiger partial charge on any atom is 0.230 e. The van der Waals surface area contributed by atoms with Gasteiger partial charge in [-0.25, -0.2) is 0 Å². The molecule has 0 unspecified atom stereocenters. The third-order valence-corrected chi connectivity index (χ3v) is 1.50. The molecular weight excluding hydrogens is 186 g/mol. The number of nitrogens with zero attached hydrogens (tertiary/aromatic N) is 2. The maximum atomic E-state index is 8.42. The first-order valence-corrected chi connectivity index (χ1v) is 4.51. The van der Waals surface area contributed by atoms with E-state index >= 15 is 0 Å². The third kappa shape index (κ3) is 4.31. The molecule has 1 aromatic rings. The van der Waals surface area contributed by atoms with Crippen molar-refractivity contribution in [3.63, 3.8) is 0 Å². The van der Waals surface area contributed by atoms with Crippen molar-refractivity contribution in [1.29, 1.82) is 0 Å². The van der Waals surface area contributed by atoms with Crippen LogP contribution in [-0.4, -0.2) is 41.7 Å². The van der Waals surface area contributed by atoms with Crippen molar-refractivity contribution in [1.82, 2.24) is 15.5 Å². The number of aliphatic hydroxyl groups excluding tert-OH is 1. The molecule has 80 valence electrons. The Balaban J connectivity index is 1.99. The van der Waals surface area contributed by atoms with Crippen LogP contribution in [0.1, 0.15) is 11.8 Å². The van der Waals surface area contributed by atoms with E-state index in [1.165, 1.54) is 0 Å². The summed E-state index contributed by atoms with van der Waals surface area (Å²) in [6.07, 6.45) is 0. The molecule has 0 saturated heterocycles. The Morgan fingerprint density at radius 2 is 2.29 bits per heavy atom. The van der Waals surface area contributed by atoms with E-state index in [1.807, 2.05) is 0 Å². The van der Waals surface area contributed by atoms with Gasteiger partial charge in [-0.15, -0.1) is 10.2 Å². The molecule has 0 amide bonds. The number of aliphatic hydroxyl groups is 1. The van der Waals surface area contributed by atoms with Crippen LogP contribution in [0.25, 0.3) is 0 Å². The molecule has 14 heavy (non-hydrogen) atoms. The SMILES string of the molecule is Cc1nnc(CNCCOCCO)o1. The van der Waals surface area contributed by atoms with Crippen molar-refractivity contribution in [3.8, 4) is 0 Å². The minimum atomic E-state index is 0.0584. The van der Waals surface area contributed by atoms with Gasteiger partial charge in [-0.3, -0.25) is 0 Å². The van der Waals surface area contributed by atoms with Gasteiger partial charge >= 0.3 is 0 Å². The standard InChI is InChI=1S/C8H15N3O3/c1-7-10-11-8(14-7)6-9-2-4-13-5-3-12/h9,12H,2-6H2,1H3. The van der Waals surface area contributed by atoms with Gasteiger partial charge in [0, 0.05) is 13.5 Å². The van der Waals surface area contributed by atoms with Crippen LogP contribution in [0, 0.1) is 6.92 Å². The fourth-order valence-corrected chi connectivity index (χ4v) is 0.915. The highest BCUT2D eigenvalue weighted by Gasteiger charge is 1.99. The molecular formula is C8H15N3O3. The van der Waals surface area contributed by atoms with Crippen molar-refractivity contribution in [2.24, 2.45) is 0 Å². The van der Waals surface area contributed by atoms with E-state index in [-0.39, 0.29) is 6.61 Å². The lowest BCUT2D eigenvalue weighted by Crippen LogP contribution is -2.20. The second-order valence-electron chi connectivity index (χ2n) is 2.73. The van der Waals surface area contributed by atoms with Gasteiger partial charge < -0.3 is 19.6 Å². The molecule has 0 aliphatic rings. The Morgan fingerprint density at radius 1 is 1.43 bits per heavy atom. The Hall–Kier alpha value is -0.980. The van der Waals surface area contributed by atoms with E-state index in [2.05, 4.69) is 15.5 Å². The number of ether oxygens (including phenoxy) is 1. The van der Waals surface area contributed by atoms with E-state index in [1.54, 1.807) is 6.92 Å². The summed E-state index contributed by atoms with van der Waals surface area (Å²) in [7, 11) is 0. The minimum absolute atomic E-state index is 0.0584. The molecule has 0 aromatic carbocycles. The van der Waals surface area contributed by atoms with Crippen molar-refractivity contribution in [2.75, 3.05) is 26.4 Å². The lowest BCUT2D eigenvalue weighted by Gasteiger charge is -2.02. The summed E-state index contributed by atoms with van der Waals surface area (Å²) >= 11 is 0. The highest BCUT2D eigenvalue weighted by molar-refractivity contribution is 4.77. The van der Waals surface area contributed by atoms with Gasteiger partial charge in [0.05, 0.1) is 26.4 Å². The first-order valence-electron chi connectivity index (χ1n) is 4.51. The first-order chi connectivity index (χ1) is 6.83. The molecule has 0 aliphatic carbocycles. The summed E-state index contributed by atoms with van der Waals surface area (Å²) in [6, 6.07) is 0. The van der Waals surface area contributed by atoms with E-state index < -0.39 is 0 Å². The molecule has 1 heterocycles. The summed E-state index contributed by atoms with van der Waals surface area (Å²) in [4.78, 5) is 0. The molecule has 0 bridgehead atoms. The Labute approximate surface area is 82.3 Å². The van der Waals surface area contributed by atoms with Crippen molar-refractivity contribution in [3.05, 3.63) is 11.8 Å². The molecule has 0 radical (unpaired) electrons. The van der Waals surface area contributed by atoms with E-state index in [0.717, 1.165) is 0 Å². The number of aryl methyl sites for hydroxylation is 1. The van der Waals surface area contributed by atoms with Crippen LogP contribution < -0.4 is 5.32 Å². The zero-order valence-electron chi connectivity index (χ0n) is 8.19. The maximum absolute atomic E-state index is 8.42. The molecule has 6 heteroatoms. The van der Waals surface area contributed by atoms with Gasteiger partial charge in [0.25, 0.3) is 0 Å². The average Bonchev–Trinajstić information content (AvgIpc) is 2.58. The first kappa shape index (κ1) is 11.1. The van der Waals surface area contributed by atoms with E-state index in [0.29, 0.717) is 38.1 Å². The highest BCUT2D eigenvalue weighted by Crippen LogP contribution is 1.95. The van der Waals surface area contributed by atoms with Crippen molar-refractivity contribution < 1.29 is 14.3 Å². The molecule has 0 atom stereocenters. The monoisotopic (exact) mass is 201 g/mol. The van der Waals surface area contributed by atoms with Crippen LogP contribution in [0.2, 0.25) is 0 Å². The lowest BCUT2D eigenvalue weighted by molar-refractivity contribution is 0.0935. The molecule has 0 fully saturated rings. The fourth-order valence-electron chi connectivity index (χ4n) is 0.915. The predicted octanol–water partition coefficient (Wildman–Crippen LogP) is -0.523. The van der Waals surface area contributed by atoms with Crippen molar-refractivity contribution >= 4 is 0 Å². The Bertz CT molecular complexity index is 252. The highest BCUT2D eigenvalue weighted by atomic mass is 16.5. The van der Waals surface area contributed by atoms with Crippen LogP contribution in [-0.2, 0) is 11.3 Å². The van der Waals surface area contributed by atoms with Gasteiger partial charge in [0.15, 0.2) is 0 Å². The predicted molar refractivity (Wildman–Crippen MR) is 48.6 cm³/mol. The quantitative estimate of drug-likeness (QED) is 0.578. The Morgan fingerprint density at radius 3 is 2.93 bits per heavy atom. The molecule has 0 aliphatic heterocycles. The van der Waals surface area contributed by atoms with Crippen molar-refractivity contribution in [2.45, 2.75) is 13.5 Å². The fraction of sp³-hybridized carbons (Fsp3) is 0.750. The van der Waals surface area contributed by atoms with E-state index in [9.17, 15) is 0 Å². The third-order valence-electron chi connectivity index (χ3n) is 1.50. The number of hydrogen-bond acceptors (Lipinski definition) is 6. The van der Waals surface area contributed by atoms with Crippen LogP contribution >= 0.6 is 0 Å². The summed E-state index contributed by atoms with van der Waals surface area (Å²) < 4.78 is 10.2. The van der Waals surface area contributed by atoms with Gasteiger partial charge in [-0.05, 0) is 0 Å². The Kier molecular flexibility index (Phi) is 5.13. The van der Waals surface area contributed by atoms with Crippen LogP contribution in [0.5, 0.6) is 0 Å². The zero-order valence-corrected chi connectivity index (χ0v) is 8.19. The molecule has 1 rings (SSSR count). The minimum Gasteiger partial charge on any atom is -0.424 e. The van der Waals surface area contributed by atoms with Gasteiger partial charge in [0.2, 0.25) is 11.8 Å². The van der Waals surface area contributed by atoms with E-state index in [4.69, 9.17) is 14.3 Å². The summed E-state index contributed by atoms with van der Waals surface area (Å²) in [5, 5.41) is 19.0. The number of nitrogens with one attached hydrogen (secondary N) is 1. The second kappa shape index (κ2) is 6.47. The summed E-state index contributed by atoms with van der Waals surface area (Å²) in [5.74, 6) is 1.14. The summed E-state index contributed by atoms with van der Waals surface area (Å²) in [6.45, 7) is 3.99. The molecule has 0 saturated carbocycles. The number of aromatic nitrogens is 2. The topological polar surface area (TPSA) is 80.4 Å². The number of hydrogen-bond donors (Lipinski definition) is 2. The lowest BCUT2D eigenvalue weighted by atomic mass is 10.6. The van der Waals surface area contributed by atoms with Crippen LogP contribution in [0.3, 0.4) is 0 Å². The smallest absolute Gasteiger partial charge is 0.230 e. The molecule has 0 spiro atoms. The van der Waals surface area contributed by atoms with Gasteiger partial charge in [-0.2, -0.15) is 0 Å². The van der Waals surface area contributed by atoms with Gasteiger partial charge in [0.1, 0.15) is 0 Å². The molecule has 6 nitrogen and oxygen atoms in total. The average molecular weight is 201 g/mol. The number of rotatable bonds is 7. The zero-order chi connectivity index (χ0) is 10.2. The second-order valence-corrected chi connectivity index (χ2v) is 2.73. The largest absolute Gasteiger partial charge is 0.424 e.